The van der Waals surface area contributed by atoms with Crippen LogP contribution in [0.2, 0.25) is 0 Å². The summed E-state index contributed by atoms with van der Waals surface area (Å²) in [5.74, 6) is 2.30. The molecule has 1 amide bonds. The van der Waals surface area contributed by atoms with Crippen LogP contribution in [-0.2, 0) is 11.2 Å². The van der Waals surface area contributed by atoms with Crippen molar-refractivity contribution in [2.75, 3.05) is 20.8 Å². The van der Waals surface area contributed by atoms with Crippen LogP contribution in [0.3, 0.4) is 0 Å². The quantitative estimate of drug-likeness (QED) is 0.833. The maximum atomic E-state index is 12.9. The van der Waals surface area contributed by atoms with Crippen LogP contribution in [0.4, 0.5) is 0 Å². The highest BCUT2D eigenvalue weighted by Gasteiger charge is 2.32. The normalized spacial score (nSPS) is 17.0. The van der Waals surface area contributed by atoms with E-state index in [0.29, 0.717) is 12.2 Å². The van der Waals surface area contributed by atoms with Crippen LogP contribution >= 0.6 is 0 Å². The van der Waals surface area contributed by atoms with E-state index in [1.54, 1.807) is 14.2 Å². The summed E-state index contributed by atoms with van der Waals surface area (Å²) in [5.41, 5.74) is 2.69. The Morgan fingerprint density at radius 2 is 2.12 bits per heavy atom. The fraction of sp³-hybridized carbons (Fsp3) is 0.474. The lowest BCUT2D eigenvalue weighted by Gasteiger charge is -2.26. The van der Waals surface area contributed by atoms with Gasteiger partial charge in [-0.2, -0.15) is 0 Å². The van der Waals surface area contributed by atoms with Gasteiger partial charge in [-0.3, -0.25) is 4.79 Å². The van der Waals surface area contributed by atoms with Crippen LogP contribution in [0.1, 0.15) is 41.5 Å². The summed E-state index contributed by atoms with van der Waals surface area (Å²) in [6.07, 6.45) is 2.22. The van der Waals surface area contributed by atoms with Gasteiger partial charge in [0.1, 0.15) is 17.3 Å². The lowest BCUT2D eigenvalue weighted by Crippen LogP contribution is -2.32. The fourth-order valence-electron chi connectivity index (χ4n) is 3.49. The van der Waals surface area contributed by atoms with E-state index in [-0.39, 0.29) is 11.9 Å². The van der Waals surface area contributed by atoms with Crippen LogP contribution in [0.5, 0.6) is 11.5 Å². The molecule has 0 saturated carbocycles. The molecular weight excluding hydrogens is 320 g/mol. The van der Waals surface area contributed by atoms with Crippen molar-refractivity contribution in [2.45, 2.75) is 39.2 Å². The van der Waals surface area contributed by atoms with Crippen molar-refractivity contribution >= 4 is 5.91 Å². The van der Waals surface area contributed by atoms with E-state index >= 15 is 0 Å². The summed E-state index contributed by atoms with van der Waals surface area (Å²) >= 11 is 0. The zero-order chi connectivity index (χ0) is 18.0. The SMILES string of the molecule is COc1ccc(C2CCCN2C(=O)Cc2c(C)noc2C)c(OC)c1. The molecule has 1 fully saturated rings. The third-order valence-electron chi connectivity index (χ3n) is 4.88. The molecule has 0 aliphatic carbocycles. The monoisotopic (exact) mass is 344 g/mol. The first-order valence-corrected chi connectivity index (χ1v) is 8.48. The molecule has 1 aliphatic heterocycles. The first-order valence-electron chi connectivity index (χ1n) is 8.48. The minimum Gasteiger partial charge on any atom is -0.497 e. The Kier molecular flexibility index (Phi) is 4.97. The number of methoxy groups -OCH3 is 2. The molecule has 2 aromatic rings. The standard InChI is InChI=1S/C19H24N2O4/c1-12-16(13(2)25-20-12)11-19(22)21-9-5-6-17(21)15-8-7-14(23-3)10-18(15)24-4/h7-8,10,17H,5-6,9,11H2,1-4H3. The number of amides is 1. The Hall–Kier alpha value is -2.50. The minimum atomic E-state index is 0.0221. The molecule has 2 heterocycles. The Labute approximate surface area is 147 Å². The number of carbonyl (C=O) groups is 1. The van der Waals surface area contributed by atoms with Gasteiger partial charge in [-0.25, -0.2) is 0 Å². The summed E-state index contributed by atoms with van der Waals surface area (Å²) in [7, 11) is 3.27. The lowest BCUT2D eigenvalue weighted by atomic mass is 10.0. The zero-order valence-electron chi connectivity index (χ0n) is 15.2. The molecule has 25 heavy (non-hydrogen) atoms. The van der Waals surface area contributed by atoms with E-state index in [1.165, 1.54) is 0 Å². The summed E-state index contributed by atoms with van der Waals surface area (Å²) in [6, 6.07) is 5.79. The van der Waals surface area contributed by atoms with Gasteiger partial charge in [-0.05, 0) is 38.8 Å². The third kappa shape index (κ3) is 3.34. The van der Waals surface area contributed by atoms with Crippen molar-refractivity contribution in [3.63, 3.8) is 0 Å². The largest absolute Gasteiger partial charge is 0.497 e. The second-order valence-electron chi connectivity index (χ2n) is 6.33. The number of likely N-dealkylation sites (tertiary alicyclic amines) is 1. The predicted octanol–water partition coefficient (Wildman–Crippen LogP) is 3.21. The molecule has 1 aromatic heterocycles. The van der Waals surface area contributed by atoms with Gasteiger partial charge in [0.15, 0.2) is 0 Å². The number of hydrogen-bond donors (Lipinski definition) is 0. The molecule has 6 nitrogen and oxygen atoms in total. The maximum Gasteiger partial charge on any atom is 0.227 e. The van der Waals surface area contributed by atoms with Crippen molar-refractivity contribution in [1.82, 2.24) is 10.1 Å². The predicted molar refractivity (Wildman–Crippen MR) is 92.9 cm³/mol. The Balaban J connectivity index is 1.84. The number of hydrogen-bond acceptors (Lipinski definition) is 5. The number of aromatic nitrogens is 1. The van der Waals surface area contributed by atoms with Gasteiger partial charge in [-0.15, -0.1) is 0 Å². The molecule has 1 unspecified atom stereocenters. The molecule has 0 radical (unpaired) electrons. The summed E-state index contributed by atoms with van der Waals surface area (Å²) in [4.78, 5) is 14.9. The van der Waals surface area contributed by atoms with E-state index in [2.05, 4.69) is 5.16 Å². The van der Waals surface area contributed by atoms with Gasteiger partial charge in [0.25, 0.3) is 0 Å². The van der Waals surface area contributed by atoms with Crippen molar-refractivity contribution < 1.29 is 18.8 Å². The molecule has 134 valence electrons. The molecule has 1 atom stereocenters. The highest BCUT2D eigenvalue weighted by molar-refractivity contribution is 5.80. The highest BCUT2D eigenvalue weighted by Crippen LogP contribution is 2.39. The van der Waals surface area contributed by atoms with Crippen LogP contribution in [0, 0.1) is 13.8 Å². The number of benzene rings is 1. The van der Waals surface area contributed by atoms with E-state index in [9.17, 15) is 4.79 Å². The second-order valence-corrected chi connectivity index (χ2v) is 6.33. The molecule has 0 bridgehead atoms. The molecule has 3 rings (SSSR count). The molecule has 1 aromatic carbocycles. The fourth-order valence-corrected chi connectivity index (χ4v) is 3.49. The zero-order valence-corrected chi connectivity index (χ0v) is 15.2. The summed E-state index contributed by atoms with van der Waals surface area (Å²) in [5, 5.41) is 3.94. The average Bonchev–Trinajstić information content (AvgIpc) is 3.23. The summed E-state index contributed by atoms with van der Waals surface area (Å²) in [6.45, 7) is 4.46. The van der Waals surface area contributed by atoms with Crippen LogP contribution in [0.25, 0.3) is 0 Å². The highest BCUT2D eigenvalue weighted by atomic mass is 16.5. The maximum absolute atomic E-state index is 12.9. The van der Waals surface area contributed by atoms with E-state index in [1.807, 2.05) is 36.9 Å². The van der Waals surface area contributed by atoms with Gasteiger partial charge in [0, 0.05) is 23.7 Å². The first kappa shape index (κ1) is 17.3. The van der Waals surface area contributed by atoms with Crippen molar-refractivity contribution in [1.29, 1.82) is 0 Å². The molecule has 1 saturated heterocycles. The molecular formula is C19H24N2O4. The first-order chi connectivity index (χ1) is 12.0. The van der Waals surface area contributed by atoms with Crippen molar-refractivity contribution in [3.8, 4) is 11.5 Å². The van der Waals surface area contributed by atoms with E-state index in [4.69, 9.17) is 14.0 Å². The Bertz CT molecular complexity index is 749. The Morgan fingerprint density at radius 1 is 1.32 bits per heavy atom. The number of rotatable bonds is 5. The second kappa shape index (κ2) is 7.17. The third-order valence-corrected chi connectivity index (χ3v) is 4.88. The van der Waals surface area contributed by atoms with E-state index < -0.39 is 0 Å². The molecule has 6 heteroatoms. The average molecular weight is 344 g/mol. The Morgan fingerprint density at radius 3 is 2.76 bits per heavy atom. The van der Waals surface area contributed by atoms with Crippen molar-refractivity contribution in [2.24, 2.45) is 0 Å². The van der Waals surface area contributed by atoms with Crippen LogP contribution in [0.15, 0.2) is 22.7 Å². The number of aryl methyl sites for hydroxylation is 2. The van der Waals surface area contributed by atoms with Crippen LogP contribution < -0.4 is 9.47 Å². The van der Waals surface area contributed by atoms with Crippen LogP contribution in [-0.4, -0.2) is 36.7 Å². The molecule has 0 N–H and O–H groups in total. The van der Waals surface area contributed by atoms with Gasteiger partial charge in [-0.1, -0.05) is 5.16 Å². The smallest absolute Gasteiger partial charge is 0.227 e. The minimum absolute atomic E-state index is 0.0221. The lowest BCUT2D eigenvalue weighted by molar-refractivity contribution is -0.131. The molecule has 0 spiro atoms. The number of carbonyl (C=O) groups excluding carboxylic acids is 1. The van der Waals surface area contributed by atoms with Gasteiger partial charge in [0.2, 0.25) is 5.91 Å². The number of nitrogens with zero attached hydrogens (tertiary/aromatic N) is 2. The van der Waals surface area contributed by atoms with Gasteiger partial charge >= 0.3 is 0 Å². The van der Waals surface area contributed by atoms with Gasteiger partial charge in [0.05, 0.1) is 32.4 Å². The van der Waals surface area contributed by atoms with E-state index in [0.717, 1.165) is 47.7 Å². The van der Waals surface area contributed by atoms with Crippen molar-refractivity contribution in [3.05, 3.63) is 40.8 Å². The molecule has 1 aliphatic rings. The summed E-state index contributed by atoms with van der Waals surface area (Å²) < 4.78 is 16.0. The van der Waals surface area contributed by atoms with Gasteiger partial charge < -0.3 is 18.9 Å². The topological polar surface area (TPSA) is 64.8 Å². The number of ether oxygens (including phenoxy) is 2.